The Labute approximate surface area is 135 Å². The van der Waals surface area contributed by atoms with Crippen molar-refractivity contribution < 1.29 is 13.9 Å². The number of methoxy groups -OCH3 is 1. The van der Waals surface area contributed by atoms with E-state index in [1.165, 1.54) is 12.4 Å². The lowest BCUT2D eigenvalue weighted by Crippen LogP contribution is -2.46. The molecule has 2 aliphatic rings. The zero-order chi connectivity index (χ0) is 16.4. The molecule has 0 radical (unpaired) electrons. The molecule has 3 rings (SSSR count). The lowest BCUT2D eigenvalue weighted by Gasteiger charge is -2.42. The van der Waals surface area contributed by atoms with E-state index in [9.17, 15) is 9.18 Å². The number of anilines is 1. The van der Waals surface area contributed by atoms with E-state index in [2.05, 4.69) is 14.9 Å². The fourth-order valence-electron chi connectivity index (χ4n) is 3.89. The van der Waals surface area contributed by atoms with Crippen molar-refractivity contribution >= 4 is 11.9 Å². The number of likely N-dealkylation sites (tertiary alicyclic amines) is 1. The van der Waals surface area contributed by atoms with E-state index >= 15 is 0 Å². The molecule has 1 aromatic rings. The smallest absolute Gasteiger partial charge is 0.225 e. The Morgan fingerprint density at radius 3 is 2.61 bits per heavy atom. The van der Waals surface area contributed by atoms with Crippen LogP contribution in [0.2, 0.25) is 0 Å². The molecular formula is C16H23FN4O2. The quantitative estimate of drug-likeness (QED) is 0.840. The molecule has 2 aliphatic heterocycles. The second kappa shape index (κ2) is 6.39. The number of hydrogen-bond acceptors (Lipinski definition) is 5. The van der Waals surface area contributed by atoms with Crippen LogP contribution in [0.5, 0.6) is 0 Å². The molecule has 2 saturated heterocycles. The number of nitrogens with zero attached hydrogens (tertiary/aromatic N) is 4. The van der Waals surface area contributed by atoms with Crippen LogP contribution >= 0.6 is 0 Å². The van der Waals surface area contributed by atoms with Crippen molar-refractivity contribution in [2.45, 2.75) is 19.8 Å². The maximum Gasteiger partial charge on any atom is 0.225 e. The van der Waals surface area contributed by atoms with Gasteiger partial charge in [0.1, 0.15) is 0 Å². The van der Waals surface area contributed by atoms with Crippen molar-refractivity contribution in [2.24, 2.45) is 11.3 Å². The summed E-state index contributed by atoms with van der Waals surface area (Å²) in [6, 6.07) is 0. The maximum absolute atomic E-state index is 13.0. The maximum atomic E-state index is 13.0. The SMILES string of the molecule is COCC1CN(C(C)=O)CC12CCN(c1ncc(F)cn1)CC2. The molecule has 1 spiro atoms. The average molecular weight is 322 g/mol. The summed E-state index contributed by atoms with van der Waals surface area (Å²) < 4.78 is 18.3. The first kappa shape index (κ1) is 16.1. The number of halogens is 1. The Balaban J connectivity index is 1.70. The predicted octanol–water partition coefficient (Wildman–Crippen LogP) is 1.33. The minimum absolute atomic E-state index is 0.109. The van der Waals surface area contributed by atoms with Crippen LogP contribution < -0.4 is 4.90 Å². The predicted molar refractivity (Wildman–Crippen MR) is 83.5 cm³/mol. The Bertz CT molecular complexity index is 558. The molecule has 2 fully saturated rings. The summed E-state index contributed by atoms with van der Waals surface area (Å²) >= 11 is 0. The fraction of sp³-hybridized carbons (Fsp3) is 0.688. The summed E-state index contributed by atoms with van der Waals surface area (Å²) in [5.74, 6) is 0.654. The number of hydrogen-bond donors (Lipinski definition) is 0. The van der Waals surface area contributed by atoms with Crippen LogP contribution in [0.4, 0.5) is 10.3 Å². The van der Waals surface area contributed by atoms with Gasteiger partial charge in [0.25, 0.3) is 0 Å². The van der Waals surface area contributed by atoms with Crippen molar-refractivity contribution in [3.63, 3.8) is 0 Å². The number of carbonyl (C=O) groups excluding carboxylic acids is 1. The van der Waals surface area contributed by atoms with Gasteiger partial charge in [-0.15, -0.1) is 0 Å². The molecule has 0 aromatic carbocycles. The lowest BCUT2D eigenvalue weighted by atomic mass is 9.71. The number of carbonyl (C=O) groups is 1. The van der Waals surface area contributed by atoms with Gasteiger partial charge in [0.05, 0.1) is 19.0 Å². The summed E-state index contributed by atoms with van der Waals surface area (Å²) in [7, 11) is 1.71. The van der Waals surface area contributed by atoms with Gasteiger partial charge in [0, 0.05) is 46.1 Å². The zero-order valence-electron chi connectivity index (χ0n) is 13.7. The molecule has 1 atom stereocenters. The van der Waals surface area contributed by atoms with Crippen LogP contribution in [0.1, 0.15) is 19.8 Å². The first-order valence-corrected chi connectivity index (χ1v) is 8.01. The molecule has 1 amide bonds. The van der Waals surface area contributed by atoms with Gasteiger partial charge in [-0.2, -0.15) is 0 Å². The van der Waals surface area contributed by atoms with E-state index in [0.29, 0.717) is 18.5 Å². The molecule has 7 heteroatoms. The topological polar surface area (TPSA) is 58.6 Å². The number of rotatable bonds is 3. The van der Waals surface area contributed by atoms with Crippen molar-refractivity contribution in [1.29, 1.82) is 0 Å². The molecule has 0 saturated carbocycles. The molecule has 1 aromatic heterocycles. The third kappa shape index (κ3) is 3.15. The fourth-order valence-corrected chi connectivity index (χ4v) is 3.89. The molecule has 0 N–H and O–H groups in total. The van der Waals surface area contributed by atoms with Crippen molar-refractivity contribution in [1.82, 2.24) is 14.9 Å². The van der Waals surface area contributed by atoms with E-state index in [0.717, 1.165) is 39.0 Å². The van der Waals surface area contributed by atoms with Gasteiger partial charge in [0.2, 0.25) is 11.9 Å². The van der Waals surface area contributed by atoms with Crippen LogP contribution in [0.15, 0.2) is 12.4 Å². The van der Waals surface area contributed by atoms with E-state index in [-0.39, 0.29) is 11.3 Å². The standard InChI is InChI=1S/C16H23FN4O2/c1-12(22)21-9-13(10-23-2)16(11-21)3-5-20(6-4-16)15-18-7-14(17)8-19-15/h7-8,13H,3-6,9-11H2,1-2H3. The molecule has 3 heterocycles. The zero-order valence-corrected chi connectivity index (χ0v) is 13.7. The Hall–Kier alpha value is -1.76. The molecule has 6 nitrogen and oxygen atoms in total. The number of aromatic nitrogens is 2. The van der Waals surface area contributed by atoms with Crippen molar-refractivity contribution in [2.75, 3.05) is 44.8 Å². The van der Waals surface area contributed by atoms with Crippen molar-refractivity contribution in [3.8, 4) is 0 Å². The van der Waals surface area contributed by atoms with Crippen LogP contribution in [0, 0.1) is 17.2 Å². The Morgan fingerprint density at radius 1 is 1.39 bits per heavy atom. The van der Waals surface area contributed by atoms with Gasteiger partial charge in [-0.3, -0.25) is 4.79 Å². The number of piperidine rings is 1. The highest BCUT2D eigenvalue weighted by Crippen LogP contribution is 2.45. The van der Waals surface area contributed by atoms with Gasteiger partial charge in [0.15, 0.2) is 5.82 Å². The van der Waals surface area contributed by atoms with Crippen LogP contribution in [-0.4, -0.2) is 60.7 Å². The third-order valence-electron chi connectivity index (χ3n) is 5.27. The van der Waals surface area contributed by atoms with E-state index in [1.54, 1.807) is 14.0 Å². The van der Waals surface area contributed by atoms with Gasteiger partial charge in [-0.25, -0.2) is 14.4 Å². The molecule has 0 aliphatic carbocycles. The molecule has 126 valence electrons. The number of ether oxygens (including phenoxy) is 1. The Morgan fingerprint density at radius 2 is 2.04 bits per heavy atom. The van der Waals surface area contributed by atoms with Gasteiger partial charge in [-0.1, -0.05) is 0 Å². The number of amides is 1. The van der Waals surface area contributed by atoms with Crippen LogP contribution in [0.25, 0.3) is 0 Å². The normalized spacial score (nSPS) is 23.5. The first-order chi connectivity index (χ1) is 11.0. The monoisotopic (exact) mass is 322 g/mol. The third-order valence-corrected chi connectivity index (χ3v) is 5.27. The first-order valence-electron chi connectivity index (χ1n) is 8.01. The minimum Gasteiger partial charge on any atom is -0.384 e. The summed E-state index contributed by atoms with van der Waals surface area (Å²) in [6.07, 6.45) is 4.33. The Kier molecular flexibility index (Phi) is 4.48. The largest absolute Gasteiger partial charge is 0.384 e. The highest BCUT2D eigenvalue weighted by molar-refractivity contribution is 5.73. The lowest BCUT2D eigenvalue weighted by molar-refractivity contribution is -0.128. The van der Waals surface area contributed by atoms with Gasteiger partial charge in [-0.05, 0) is 18.3 Å². The second-order valence-electron chi connectivity index (χ2n) is 6.60. The minimum atomic E-state index is -0.421. The van der Waals surface area contributed by atoms with Crippen LogP contribution in [0.3, 0.4) is 0 Å². The van der Waals surface area contributed by atoms with E-state index in [4.69, 9.17) is 4.74 Å². The summed E-state index contributed by atoms with van der Waals surface area (Å²) in [4.78, 5) is 23.9. The summed E-state index contributed by atoms with van der Waals surface area (Å²) in [5.41, 5.74) is 0.109. The van der Waals surface area contributed by atoms with Gasteiger partial charge >= 0.3 is 0 Å². The average Bonchev–Trinajstić information content (AvgIpc) is 2.88. The summed E-state index contributed by atoms with van der Waals surface area (Å²) in [6.45, 7) is 5.51. The molecule has 1 unspecified atom stereocenters. The van der Waals surface area contributed by atoms with E-state index in [1.807, 2.05) is 4.90 Å². The van der Waals surface area contributed by atoms with E-state index < -0.39 is 5.82 Å². The van der Waals surface area contributed by atoms with Crippen molar-refractivity contribution in [3.05, 3.63) is 18.2 Å². The molecule has 23 heavy (non-hydrogen) atoms. The van der Waals surface area contributed by atoms with Crippen LogP contribution in [-0.2, 0) is 9.53 Å². The highest BCUT2D eigenvalue weighted by atomic mass is 19.1. The molecule has 0 bridgehead atoms. The van der Waals surface area contributed by atoms with Gasteiger partial charge < -0.3 is 14.5 Å². The second-order valence-corrected chi connectivity index (χ2v) is 6.60. The summed E-state index contributed by atoms with van der Waals surface area (Å²) in [5, 5.41) is 0. The molecular weight excluding hydrogens is 299 g/mol. The highest BCUT2D eigenvalue weighted by Gasteiger charge is 2.48.